The van der Waals surface area contributed by atoms with Gasteiger partial charge in [-0.2, -0.15) is 0 Å². The molecule has 0 atom stereocenters. The van der Waals surface area contributed by atoms with Crippen LogP contribution in [0.2, 0.25) is 0 Å². The second-order valence-electron chi connectivity index (χ2n) is 9.66. The molecule has 213 valence electrons. The summed E-state index contributed by atoms with van der Waals surface area (Å²) < 4.78 is 177. The molecule has 8 rings (SSSR count). The second kappa shape index (κ2) is 11.7. The van der Waals surface area contributed by atoms with E-state index in [-0.39, 0.29) is 43.3 Å². The number of aryl methyl sites for hydroxylation is 5. The van der Waals surface area contributed by atoms with Crippen LogP contribution in [0.5, 0.6) is 0 Å². The van der Waals surface area contributed by atoms with Crippen LogP contribution in [0, 0.1) is 38.1 Å². The van der Waals surface area contributed by atoms with Crippen molar-refractivity contribution in [1.82, 2.24) is 9.97 Å². The van der Waals surface area contributed by atoms with Crippen LogP contribution in [-0.2, 0) is 58.3 Å². The minimum absolute atomic E-state index is 0. The van der Waals surface area contributed by atoms with Gasteiger partial charge in [0.15, 0.2) is 0 Å². The SMILES string of the molecule is [2H]C([2H])([2H])c1cnc(-c2[c-]cc(C([2H])([2H])[2H])c3c2C([2H])([2H])C2(C([2H])([2H])c4ccccc4C2([2H])[2H])C3([2H])[2H])cc1C([2H])([2H])[2H].[2H]C1([2H])CC([2H])([2H])c2cc(-c3[c-]cccc3)ncc21.[Ir]. The maximum absolute atomic E-state index is 9.38. The smallest absolute Gasteiger partial charge is 0.0322 e. The maximum Gasteiger partial charge on any atom is 0.0322 e. The van der Waals surface area contributed by atoms with Crippen molar-refractivity contribution >= 4 is 0 Å². The molecule has 42 heavy (non-hydrogen) atoms. The maximum atomic E-state index is 9.38. The van der Waals surface area contributed by atoms with Crippen LogP contribution in [0.15, 0.2) is 79.1 Å². The van der Waals surface area contributed by atoms with E-state index in [0.717, 1.165) is 23.9 Å². The summed E-state index contributed by atoms with van der Waals surface area (Å²) in [5.74, 6) is 0. The number of rotatable bonds is 2. The van der Waals surface area contributed by atoms with Gasteiger partial charge >= 0.3 is 0 Å². The van der Waals surface area contributed by atoms with Gasteiger partial charge in [-0.3, -0.25) is 0 Å². The Morgan fingerprint density at radius 3 is 2.21 bits per heavy atom. The van der Waals surface area contributed by atoms with E-state index in [2.05, 4.69) is 22.1 Å². The van der Waals surface area contributed by atoms with Gasteiger partial charge in [-0.1, -0.05) is 60.7 Å². The van der Waals surface area contributed by atoms with Crippen molar-refractivity contribution in [3.05, 3.63) is 141 Å². The van der Waals surface area contributed by atoms with Gasteiger partial charge in [0.25, 0.3) is 0 Å². The molecular formula is C39H36IrN2-2. The molecule has 0 bridgehead atoms. The molecule has 0 N–H and O–H groups in total. The number of fused-ring (bicyclic) bond motifs is 3. The minimum Gasteiger partial charge on any atom is -0.304 e. The standard InChI is InChI=1S/C25H24N.C14H12N.Ir/c1-16-8-9-21(24-10-17(2)18(3)15-26-24)23-14-25(13-22(16)23)11-19-6-4-5-7-20(19)12-25;1-2-5-11(6-3-1)14-9-12-7-4-8-13(12)10-15-14;/h4-8,10,15H,11-14H2,1-3H3;1-3,5,9-10H,4,7-8H2;/q2*-1;/i1D3,2D3,3D3,11D2,12D2,13D2,14D2;7D2,8D2;. The number of aromatic nitrogens is 2. The molecule has 0 aliphatic heterocycles. The van der Waals surface area contributed by atoms with Gasteiger partial charge in [-0.15, -0.1) is 70.3 Å². The molecule has 1 radical (unpaired) electrons. The third-order valence-corrected chi connectivity index (χ3v) is 6.93. The fourth-order valence-electron chi connectivity index (χ4n) is 4.94. The van der Waals surface area contributed by atoms with Crippen molar-refractivity contribution in [3.8, 4) is 22.5 Å². The van der Waals surface area contributed by atoms with E-state index in [1.807, 2.05) is 18.2 Å². The largest absolute Gasteiger partial charge is 0.304 e. The Bertz CT molecular complexity index is 2560. The summed E-state index contributed by atoms with van der Waals surface area (Å²) in [5, 5.41) is 0. The topological polar surface area (TPSA) is 25.8 Å². The predicted octanol–water partition coefficient (Wildman–Crippen LogP) is 8.39. The van der Waals surface area contributed by atoms with Crippen molar-refractivity contribution in [2.75, 3.05) is 0 Å². The van der Waals surface area contributed by atoms with Crippen LogP contribution in [-0.4, -0.2) is 9.97 Å². The van der Waals surface area contributed by atoms with E-state index in [9.17, 15) is 5.48 Å². The summed E-state index contributed by atoms with van der Waals surface area (Å²) in [4.78, 5) is 8.28. The zero-order valence-corrected chi connectivity index (χ0v) is 24.3. The van der Waals surface area contributed by atoms with Crippen LogP contribution in [0.4, 0.5) is 0 Å². The molecule has 0 unspecified atom stereocenters. The molecule has 1 spiro atoms. The fraction of sp³-hybridized carbons (Fsp3) is 0.282. The molecule has 5 aromatic rings. The summed E-state index contributed by atoms with van der Waals surface area (Å²) in [7, 11) is 0. The zero-order valence-electron chi connectivity index (χ0n) is 42.9. The number of benzene rings is 3. The average molecular weight is 746 g/mol. The monoisotopic (exact) mass is 746 g/mol. The van der Waals surface area contributed by atoms with Crippen LogP contribution >= 0.6 is 0 Å². The zero-order chi connectivity index (χ0) is 46.2. The summed E-state index contributed by atoms with van der Waals surface area (Å²) in [6, 6.07) is 21.6. The van der Waals surface area contributed by atoms with Gasteiger partial charge < -0.3 is 9.97 Å². The predicted molar refractivity (Wildman–Crippen MR) is 167 cm³/mol. The molecule has 0 saturated carbocycles. The van der Waals surface area contributed by atoms with Gasteiger partial charge in [-0.05, 0) is 91.0 Å². The van der Waals surface area contributed by atoms with Crippen LogP contribution in [0.3, 0.4) is 0 Å². The summed E-state index contributed by atoms with van der Waals surface area (Å²) >= 11 is 0. The molecule has 2 nitrogen and oxygen atoms in total. The van der Waals surface area contributed by atoms with E-state index in [1.54, 1.807) is 12.1 Å². The summed E-state index contributed by atoms with van der Waals surface area (Å²) in [6.45, 7) is -8.97. The molecule has 3 aliphatic rings. The Balaban J connectivity index is 0.000000275. The Morgan fingerprint density at radius 1 is 0.714 bits per heavy atom. The molecule has 0 fully saturated rings. The normalized spacial score (nSPS) is 30.8. The van der Waals surface area contributed by atoms with Crippen molar-refractivity contribution in [3.63, 3.8) is 0 Å². The van der Waals surface area contributed by atoms with Crippen molar-refractivity contribution in [1.29, 1.82) is 0 Å². The van der Waals surface area contributed by atoms with Gasteiger partial charge in [0, 0.05) is 61.3 Å². The van der Waals surface area contributed by atoms with E-state index in [0.29, 0.717) is 16.8 Å². The second-order valence-corrected chi connectivity index (χ2v) is 9.66. The van der Waals surface area contributed by atoms with Gasteiger partial charge in [0.1, 0.15) is 0 Å². The van der Waals surface area contributed by atoms with Crippen molar-refractivity contribution < 1.29 is 48.9 Å². The average Bonchev–Trinajstić information content (AvgIpc) is 3.52. The molecule has 2 aromatic heterocycles. The molecule has 3 aliphatic carbocycles. The van der Waals surface area contributed by atoms with Gasteiger partial charge in [0.05, 0.1) is 0 Å². The third-order valence-electron chi connectivity index (χ3n) is 6.93. The van der Waals surface area contributed by atoms with Crippen molar-refractivity contribution in [2.24, 2.45) is 5.41 Å². The first-order valence-corrected chi connectivity index (χ1v) is 12.9. The Labute approximate surface area is 293 Å². The number of pyridine rings is 2. The first kappa shape index (κ1) is 13.1. The Hall–Kier alpha value is -3.39. The summed E-state index contributed by atoms with van der Waals surface area (Å²) in [6.07, 6.45) is -14.0. The van der Waals surface area contributed by atoms with Gasteiger partial charge in [0.2, 0.25) is 0 Å². The first-order valence-electron chi connectivity index (χ1n) is 23.4. The number of hydrogen-bond donors (Lipinski definition) is 0. The molecule has 2 heterocycles. The Kier molecular flexibility index (Phi) is 3.65. The number of hydrogen-bond acceptors (Lipinski definition) is 2. The van der Waals surface area contributed by atoms with E-state index in [1.165, 1.54) is 30.5 Å². The fourth-order valence-corrected chi connectivity index (χ4v) is 4.94. The molecular weight excluding hydrogens is 689 g/mol. The summed E-state index contributed by atoms with van der Waals surface area (Å²) in [5.41, 5.74) is -6.06. The van der Waals surface area contributed by atoms with Crippen LogP contribution in [0.25, 0.3) is 22.5 Å². The third kappa shape index (κ3) is 5.41. The van der Waals surface area contributed by atoms with Crippen molar-refractivity contribution in [2.45, 2.75) is 65.2 Å². The van der Waals surface area contributed by atoms with E-state index in [4.69, 9.17) is 23.3 Å². The van der Waals surface area contributed by atoms with Crippen LogP contribution in [0.1, 0.15) is 85.3 Å². The van der Waals surface area contributed by atoms with E-state index >= 15 is 0 Å². The molecule has 0 amide bonds. The number of nitrogens with zero attached hydrogens (tertiary/aromatic N) is 2. The molecule has 3 heteroatoms. The quantitative estimate of drug-likeness (QED) is 0.170. The first-order chi connectivity index (χ1) is 28.2. The van der Waals surface area contributed by atoms with E-state index < -0.39 is 97.6 Å². The van der Waals surface area contributed by atoms with Gasteiger partial charge in [-0.25, -0.2) is 0 Å². The molecule has 0 saturated heterocycles. The minimum atomic E-state index is -3.32. The molecule has 3 aromatic carbocycles. The van der Waals surface area contributed by atoms with Crippen LogP contribution < -0.4 is 0 Å². The Morgan fingerprint density at radius 2 is 1.45 bits per heavy atom.